The second-order valence-corrected chi connectivity index (χ2v) is 4.74. The summed E-state index contributed by atoms with van der Waals surface area (Å²) in [7, 11) is 4.61. The summed E-state index contributed by atoms with van der Waals surface area (Å²) < 4.78 is 0. The normalized spacial score (nSPS) is 38.2. The number of piperidine rings is 2. The average molecular weight is 180 g/mol. The maximum Gasteiger partial charge on any atom is 0.187 e. The van der Waals surface area contributed by atoms with Gasteiger partial charge in [0.05, 0.1) is 5.66 Å². The van der Waals surface area contributed by atoms with Crippen LogP contribution in [0, 0.1) is 0 Å². The molecule has 2 fully saturated rings. The highest BCUT2D eigenvalue weighted by Crippen LogP contribution is 2.36. The molecule has 0 aromatic carbocycles. The van der Waals surface area contributed by atoms with E-state index in [1.54, 1.807) is 0 Å². The molecule has 74 valence electrons. The summed E-state index contributed by atoms with van der Waals surface area (Å²) in [4.78, 5) is 5.19. The Morgan fingerprint density at radius 3 is 2.23 bits per heavy atom. The third-order valence-electron chi connectivity index (χ3n) is 4.06. The standard InChI is InChI=1S/C10H21BN2/c1-12-8-4-2-6-10(12)7-3-5-9-13(10)11/h2-9,11H2,1H3. The van der Waals surface area contributed by atoms with Gasteiger partial charge in [0.2, 0.25) is 0 Å². The molecule has 0 aromatic rings. The van der Waals surface area contributed by atoms with Gasteiger partial charge in [0.25, 0.3) is 0 Å². The van der Waals surface area contributed by atoms with Crippen molar-refractivity contribution in [2.75, 3.05) is 20.1 Å². The van der Waals surface area contributed by atoms with Crippen molar-refractivity contribution in [1.82, 2.24) is 9.71 Å². The smallest absolute Gasteiger partial charge is 0.187 e. The zero-order chi connectivity index (χ0) is 9.31. The van der Waals surface area contributed by atoms with E-state index in [-0.39, 0.29) is 0 Å². The summed E-state index contributed by atoms with van der Waals surface area (Å²) in [6, 6.07) is 0. The highest BCUT2D eigenvalue weighted by atomic mass is 15.4. The third-order valence-corrected chi connectivity index (χ3v) is 4.06. The van der Waals surface area contributed by atoms with Crippen molar-refractivity contribution in [3.8, 4) is 0 Å². The molecule has 2 heterocycles. The molecule has 2 nitrogen and oxygen atoms in total. The first-order chi connectivity index (χ1) is 6.26. The lowest BCUT2D eigenvalue weighted by molar-refractivity contribution is -0.0473. The van der Waals surface area contributed by atoms with Gasteiger partial charge in [0.15, 0.2) is 7.98 Å². The Morgan fingerprint density at radius 1 is 1.00 bits per heavy atom. The van der Waals surface area contributed by atoms with Crippen molar-refractivity contribution in [3.05, 3.63) is 0 Å². The van der Waals surface area contributed by atoms with E-state index in [0.29, 0.717) is 5.66 Å². The van der Waals surface area contributed by atoms with Crippen LogP contribution in [0.25, 0.3) is 0 Å². The molecule has 2 aliphatic heterocycles. The molecule has 2 rings (SSSR count). The van der Waals surface area contributed by atoms with E-state index in [2.05, 4.69) is 24.7 Å². The van der Waals surface area contributed by atoms with Crippen LogP contribution in [0.15, 0.2) is 0 Å². The van der Waals surface area contributed by atoms with E-state index < -0.39 is 0 Å². The predicted molar refractivity (Wildman–Crippen MR) is 58.3 cm³/mol. The quantitative estimate of drug-likeness (QED) is 0.509. The first kappa shape index (κ1) is 9.54. The number of rotatable bonds is 0. The lowest BCUT2D eigenvalue weighted by Gasteiger charge is -2.54. The molecule has 0 N–H and O–H groups in total. The van der Waals surface area contributed by atoms with Gasteiger partial charge in [0, 0.05) is 0 Å². The Hall–Kier alpha value is -0.0151. The molecule has 1 unspecified atom stereocenters. The molecule has 0 aliphatic carbocycles. The van der Waals surface area contributed by atoms with Crippen LogP contribution in [0.2, 0.25) is 0 Å². The van der Waals surface area contributed by atoms with Crippen molar-refractivity contribution in [1.29, 1.82) is 0 Å². The van der Waals surface area contributed by atoms with Crippen LogP contribution in [0.4, 0.5) is 0 Å². The molecule has 0 saturated carbocycles. The van der Waals surface area contributed by atoms with Crippen molar-refractivity contribution < 1.29 is 0 Å². The Balaban J connectivity index is 2.13. The lowest BCUT2D eigenvalue weighted by atomic mass is 9.83. The van der Waals surface area contributed by atoms with Gasteiger partial charge in [-0.05, 0) is 58.7 Å². The first-order valence-corrected chi connectivity index (χ1v) is 5.68. The molecule has 0 bridgehead atoms. The summed E-state index contributed by atoms with van der Waals surface area (Å²) in [5, 5.41) is 0. The van der Waals surface area contributed by atoms with Gasteiger partial charge < -0.3 is 4.81 Å². The Morgan fingerprint density at radius 2 is 1.62 bits per heavy atom. The van der Waals surface area contributed by atoms with Crippen molar-refractivity contribution in [2.45, 2.75) is 44.2 Å². The van der Waals surface area contributed by atoms with Crippen molar-refractivity contribution in [3.63, 3.8) is 0 Å². The topological polar surface area (TPSA) is 6.48 Å². The minimum absolute atomic E-state index is 0.441. The van der Waals surface area contributed by atoms with Crippen LogP contribution in [0.3, 0.4) is 0 Å². The number of hydrogen-bond donors (Lipinski definition) is 0. The van der Waals surface area contributed by atoms with Gasteiger partial charge in [-0.25, -0.2) is 0 Å². The minimum atomic E-state index is 0.441. The molecule has 1 atom stereocenters. The minimum Gasteiger partial charge on any atom is -0.332 e. The molecule has 3 heteroatoms. The van der Waals surface area contributed by atoms with E-state index in [4.69, 9.17) is 0 Å². The van der Waals surface area contributed by atoms with Gasteiger partial charge in [-0.3, -0.25) is 4.90 Å². The van der Waals surface area contributed by atoms with Crippen LogP contribution in [-0.2, 0) is 0 Å². The van der Waals surface area contributed by atoms with Crippen LogP contribution < -0.4 is 0 Å². The first-order valence-electron chi connectivity index (χ1n) is 5.68. The molecule has 0 aromatic heterocycles. The second kappa shape index (κ2) is 3.62. The van der Waals surface area contributed by atoms with E-state index in [0.717, 1.165) is 0 Å². The number of likely N-dealkylation sites (tertiary alicyclic amines) is 1. The van der Waals surface area contributed by atoms with Crippen LogP contribution >= 0.6 is 0 Å². The molecule has 0 radical (unpaired) electrons. The Labute approximate surface area is 82.7 Å². The van der Waals surface area contributed by atoms with E-state index in [9.17, 15) is 0 Å². The monoisotopic (exact) mass is 180 g/mol. The van der Waals surface area contributed by atoms with Gasteiger partial charge in [-0.15, -0.1) is 0 Å². The SMILES string of the molecule is BN1CCCCC12CCCCN2C. The fourth-order valence-corrected chi connectivity index (χ4v) is 3.11. The maximum atomic E-state index is 2.59. The van der Waals surface area contributed by atoms with E-state index >= 15 is 0 Å². The van der Waals surface area contributed by atoms with Gasteiger partial charge in [-0.2, -0.15) is 0 Å². The van der Waals surface area contributed by atoms with Crippen LogP contribution in [-0.4, -0.2) is 43.5 Å². The van der Waals surface area contributed by atoms with Gasteiger partial charge >= 0.3 is 0 Å². The molecule has 1 spiro atoms. The average Bonchev–Trinajstić information content (AvgIpc) is 2.15. The highest BCUT2D eigenvalue weighted by Gasteiger charge is 2.40. The zero-order valence-electron chi connectivity index (χ0n) is 9.05. The summed E-state index contributed by atoms with van der Waals surface area (Å²) >= 11 is 0. The van der Waals surface area contributed by atoms with Gasteiger partial charge in [-0.1, -0.05) is 0 Å². The largest absolute Gasteiger partial charge is 0.332 e. The second-order valence-electron chi connectivity index (χ2n) is 4.74. The summed E-state index contributed by atoms with van der Waals surface area (Å²) in [6.07, 6.45) is 8.42. The molecular weight excluding hydrogens is 159 g/mol. The summed E-state index contributed by atoms with van der Waals surface area (Å²) in [6.45, 7) is 2.59. The number of nitrogens with zero attached hydrogens (tertiary/aromatic N) is 2. The summed E-state index contributed by atoms with van der Waals surface area (Å²) in [5.41, 5.74) is 0.441. The lowest BCUT2D eigenvalue weighted by Crippen LogP contribution is -2.62. The Bertz CT molecular complexity index is 164. The van der Waals surface area contributed by atoms with Crippen LogP contribution in [0.5, 0.6) is 0 Å². The molecule has 0 amide bonds. The Kier molecular flexibility index (Phi) is 2.66. The molecule has 2 saturated heterocycles. The van der Waals surface area contributed by atoms with Crippen molar-refractivity contribution >= 4 is 7.98 Å². The maximum absolute atomic E-state index is 2.59. The zero-order valence-corrected chi connectivity index (χ0v) is 9.05. The number of hydrogen-bond acceptors (Lipinski definition) is 2. The van der Waals surface area contributed by atoms with Crippen LogP contribution in [0.1, 0.15) is 38.5 Å². The molecular formula is C10H21BN2. The fourth-order valence-electron chi connectivity index (χ4n) is 3.11. The predicted octanol–water partition coefficient (Wildman–Crippen LogP) is 0.832. The third kappa shape index (κ3) is 1.53. The van der Waals surface area contributed by atoms with E-state index in [1.807, 2.05) is 0 Å². The fraction of sp³-hybridized carbons (Fsp3) is 1.00. The van der Waals surface area contributed by atoms with Gasteiger partial charge in [0.1, 0.15) is 0 Å². The van der Waals surface area contributed by atoms with Crippen molar-refractivity contribution in [2.24, 2.45) is 0 Å². The molecule has 13 heavy (non-hydrogen) atoms. The highest BCUT2D eigenvalue weighted by molar-refractivity contribution is 6.05. The summed E-state index contributed by atoms with van der Waals surface area (Å²) in [5.74, 6) is 0. The molecule has 2 aliphatic rings. The van der Waals surface area contributed by atoms with E-state index in [1.165, 1.54) is 51.6 Å².